The lowest BCUT2D eigenvalue weighted by Gasteiger charge is -2.29. The Hall–Kier alpha value is -2.18. The van der Waals surface area contributed by atoms with Gasteiger partial charge in [-0.15, -0.1) is 0 Å². The minimum Gasteiger partial charge on any atom is -0.381 e. The summed E-state index contributed by atoms with van der Waals surface area (Å²) in [5.41, 5.74) is 3.71. The zero-order valence-electron chi connectivity index (χ0n) is 14.9. The molecule has 26 heavy (non-hydrogen) atoms. The predicted octanol–water partition coefficient (Wildman–Crippen LogP) is 2.51. The number of fused-ring (bicyclic) bond motifs is 1. The van der Waals surface area contributed by atoms with E-state index in [9.17, 15) is 0 Å². The lowest BCUT2D eigenvalue weighted by Crippen LogP contribution is -2.37. The number of hydrogen-bond donors (Lipinski definition) is 0. The molecule has 1 unspecified atom stereocenters. The Bertz CT molecular complexity index is 771. The smallest absolute Gasteiger partial charge is 0.227 e. The van der Waals surface area contributed by atoms with Crippen LogP contribution < -0.4 is 9.80 Å². The summed E-state index contributed by atoms with van der Waals surface area (Å²) < 4.78 is 11.2. The molecule has 3 aliphatic rings. The van der Waals surface area contributed by atoms with Crippen LogP contribution in [0.4, 0.5) is 17.5 Å². The van der Waals surface area contributed by atoms with Crippen LogP contribution in [0.15, 0.2) is 30.3 Å². The van der Waals surface area contributed by atoms with Crippen LogP contribution in [0.1, 0.15) is 23.6 Å². The Balaban J connectivity index is 1.59. The number of rotatable bonds is 3. The van der Waals surface area contributed by atoms with Gasteiger partial charge in [0.25, 0.3) is 0 Å². The molecule has 2 saturated heterocycles. The summed E-state index contributed by atoms with van der Waals surface area (Å²) in [5, 5.41) is 0. The quantitative estimate of drug-likeness (QED) is 0.846. The molecule has 6 nitrogen and oxygen atoms in total. The third-order valence-electron chi connectivity index (χ3n) is 5.52. The highest BCUT2D eigenvalue weighted by atomic mass is 16.5. The standard InChI is InChI=1S/C20H24N4O2/c1-2-4-16(5-3-1)24-8-6-17-18(15-7-11-26-14-15)21-20(22-19(17)24)23-9-12-25-13-10-23/h1-5,15H,6-14H2. The average molecular weight is 352 g/mol. The van der Waals surface area contributed by atoms with Crippen molar-refractivity contribution in [1.82, 2.24) is 9.97 Å². The van der Waals surface area contributed by atoms with Crippen molar-refractivity contribution in [2.24, 2.45) is 0 Å². The van der Waals surface area contributed by atoms with E-state index in [2.05, 4.69) is 40.1 Å². The van der Waals surface area contributed by atoms with Crippen molar-refractivity contribution < 1.29 is 9.47 Å². The summed E-state index contributed by atoms with van der Waals surface area (Å²) in [7, 11) is 0. The van der Waals surface area contributed by atoms with E-state index in [1.54, 1.807) is 0 Å². The van der Waals surface area contributed by atoms with Gasteiger partial charge in [-0.05, 0) is 25.0 Å². The largest absolute Gasteiger partial charge is 0.381 e. The van der Waals surface area contributed by atoms with Gasteiger partial charge in [-0.1, -0.05) is 18.2 Å². The Morgan fingerprint density at radius 3 is 2.54 bits per heavy atom. The van der Waals surface area contributed by atoms with Crippen molar-refractivity contribution in [2.75, 3.05) is 55.9 Å². The third-order valence-corrected chi connectivity index (χ3v) is 5.52. The molecule has 6 heteroatoms. The van der Waals surface area contributed by atoms with Crippen molar-refractivity contribution in [1.29, 1.82) is 0 Å². The van der Waals surface area contributed by atoms with Gasteiger partial charge in [0.05, 0.1) is 25.5 Å². The molecule has 4 heterocycles. The maximum absolute atomic E-state index is 5.66. The third kappa shape index (κ3) is 2.83. The van der Waals surface area contributed by atoms with E-state index in [0.29, 0.717) is 5.92 Å². The minimum atomic E-state index is 0.391. The molecule has 0 aliphatic carbocycles. The highest BCUT2D eigenvalue weighted by Crippen LogP contribution is 2.39. The van der Waals surface area contributed by atoms with Crippen molar-refractivity contribution in [3.8, 4) is 0 Å². The molecule has 3 aliphatic heterocycles. The number of ether oxygens (including phenoxy) is 2. The molecule has 5 rings (SSSR count). The minimum absolute atomic E-state index is 0.391. The fourth-order valence-corrected chi connectivity index (χ4v) is 4.12. The Morgan fingerprint density at radius 1 is 0.923 bits per heavy atom. The molecule has 1 aromatic heterocycles. The summed E-state index contributed by atoms with van der Waals surface area (Å²) in [4.78, 5) is 14.6. The molecule has 1 atom stereocenters. The lowest BCUT2D eigenvalue weighted by atomic mass is 9.99. The van der Waals surface area contributed by atoms with Gasteiger partial charge in [-0.3, -0.25) is 0 Å². The number of aromatic nitrogens is 2. The molecule has 0 N–H and O–H groups in total. The summed E-state index contributed by atoms with van der Waals surface area (Å²) >= 11 is 0. The molecule has 0 spiro atoms. The second-order valence-corrected chi connectivity index (χ2v) is 7.11. The number of anilines is 3. The molecule has 2 fully saturated rings. The van der Waals surface area contributed by atoms with Crippen LogP contribution in [0.25, 0.3) is 0 Å². The number of morpholine rings is 1. The summed E-state index contributed by atoms with van der Waals surface area (Å²) in [5.74, 6) is 2.31. The van der Waals surface area contributed by atoms with E-state index in [0.717, 1.165) is 70.7 Å². The van der Waals surface area contributed by atoms with Gasteiger partial charge >= 0.3 is 0 Å². The molecule has 136 valence electrons. The van der Waals surface area contributed by atoms with Crippen LogP contribution in [0, 0.1) is 0 Å². The Morgan fingerprint density at radius 2 is 1.77 bits per heavy atom. The van der Waals surface area contributed by atoms with E-state index in [-0.39, 0.29) is 0 Å². The van der Waals surface area contributed by atoms with Gasteiger partial charge < -0.3 is 19.3 Å². The summed E-state index contributed by atoms with van der Waals surface area (Å²) in [6.07, 6.45) is 2.05. The molecule has 0 radical (unpaired) electrons. The van der Waals surface area contributed by atoms with E-state index >= 15 is 0 Å². The van der Waals surface area contributed by atoms with Crippen molar-refractivity contribution >= 4 is 17.5 Å². The van der Waals surface area contributed by atoms with Crippen LogP contribution in [0.3, 0.4) is 0 Å². The van der Waals surface area contributed by atoms with E-state index in [1.165, 1.54) is 16.9 Å². The fourth-order valence-electron chi connectivity index (χ4n) is 4.12. The average Bonchev–Trinajstić information content (AvgIpc) is 3.39. The Kier molecular flexibility index (Phi) is 4.22. The Labute approximate surface area is 153 Å². The zero-order chi connectivity index (χ0) is 17.3. The second kappa shape index (κ2) is 6.85. The first-order valence-corrected chi connectivity index (χ1v) is 9.54. The summed E-state index contributed by atoms with van der Waals surface area (Å²) in [6, 6.07) is 10.5. The van der Waals surface area contributed by atoms with Crippen molar-refractivity contribution in [3.05, 3.63) is 41.6 Å². The van der Waals surface area contributed by atoms with Gasteiger partial charge in [0, 0.05) is 43.4 Å². The first-order valence-electron chi connectivity index (χ1n) is 9.54. The van der Waals surface area contributed by atoms with Crippen LogP contribution in [-0.4, -0.2) is 56.0 Å². The van der Waals surface area contributed by atoms with E-state index < -0.39 is 0 Å². The van der Waals surface area contributed by atoms with E-state index in [4.69, 9.17) is 19.4 Å². The molecule has 1 aromatic carbocycles. The lowest BCUT2D eigenvalue weighted by molar-refractivity contribution is 0.122. The maximum atomic E-state index is 5.66. The van der Waals surface area contributed by atoms with Gasteiger partial charge in [-0.2, -0.15) is 4.98 Å². The topological polar surface area (TPSA) is 50.7 Å². The molecule has 0 amide bonds. The first kappa shape index (κ1) is 16.0. The summed E-state index contributed by atoms with van der Waals surface area (Å²) in [6.45, 7) is 5.75. The monoisotopic (exact) mass is 352 g/mol. The number of hydrogen-bond acceptors (Lipinski definition) is 6. The first-order chi connectivity index (χ1) is 12.9. The number of para-hydroxylation sites is 1. The second-order valence-electron chi connectivity index (χ2n) is 7.11. The number of benzene rings is 1. The van der Waals surface area contributed by atoms with Crippen LogP contribution >= 0.6 is 0 Å². The molecular formula is C20H24N4O2. The van der Waals surface area contributed by atoms with Gasteiger partial charge in [0.2, 0.25) is 5.95 Å². The maximum Gasteiger partial charge on any atom is 0.227 e. The van der Waals surface area contributed by atoms with Crippen LogP contribution in [0.5, 0.6) is 0 Å². The van der Waals surface area contributed by atoms with Gasteiger partial charge in [0.1, 0.15) is 5.82 Å². The molecule has 0 bridgehead atoms. The number of nitrogens with zero attached hydrogens (tertiary/aromatic N) is 4. The highest BCUT2D eigenvalue weighted by Gasteiger charge is 2.32. The normalized spacial score (nSPS) is 22.7. The molecule has 2 aromatic rings. The van der Waals surface area contributed by atoms with Crippen LogP contribution in [-0.2, 0) is 15.9 Å². The van der Waals surface area contributed by atoms with Crippen molar-refractivity contribution in [2.45, 2.75) is 18.8 Å². The zero-order valence-corrected chi connectivity index (χ0v) is 14.9. The van der Waals surface area contributed by atoms with Crippen LogP contribution in [0.2, 0.25) is 0 Å². The predicted molar refractivity (Wildman–Crippen MR) is 100 cm³/mol. The van der Waals surface area contributed by atoms with Crippen molar-refractivity contribution in [3.63, 3.8) is 0 Å². The van der Waals surface area contributed by atoms with Gasteiger partial charge in [0.15, 0.2) is 0 Å². The molecular weight excluding hydrogens is 328 g/mol. The molecule has 0 saturated carbocycles. The fraction of sp³-hybridized carbons (Fsp3) is 0.500. The highest BCUT2D eigenvalue weighted by molar-refractivity contribution is 5.68. The van der Waals surface area contributed by atoms with Gasteiger partial charge in [-0.25, -0.2) is 4.98 Å². The SMILES string of the molecule is c1ccc(N2CCc3c(C4CCOC4)nc(N4CCOCC4)nc32)cc1. The van der Waals surface area contributed by atoms with E-state index in [1.807, 2.05) is 0 Å².